The van der Waals surface area contributed by atoms with Crippen LogP contribution in [0.2, 0.25) is 0 Å². The molecule has 1 aliphatic rings. The molecule has 1 aromatic carbocycles. The van der Waals surface area contributed by atoms with Crippen molar-refractivity contribution in [1.29, 1.82) is 0 Å². The topological polar surface area (TPSA) is 109 Å². The van der Waals surface area contributed by atoms with Crippen LogP contribution in [0.1, 0.15) is 24.8 Å². The van der Waals surface area contributed by atoms with Crippen molar-refractivity contribution >= 4 is 21.7 Å². The van der Waals surface area contributed by atoms with Gasteiger partial charge in [-0.25, -0.2) is 22.3 Å². The summed E-state index contributed by atoms with van der Waals surface area (Å²) in [5, 5.41) is 5.34. The van der Waals surface area contributed by atoms with Crippen LogP contribution in [0, 0.1) is 0 Å². The number of methoxy groups -OCH3 is 1. The number of nitrogens with one attached hydrogen (secondary N) is 3. The number of benzene rings is 1. The fourth-order valence-electron chi connectivity index (χ4n) is 3.31. The Morgan fingerprint density at radius 2 is 2.00 bits per heavy atom. The van der Waals surface area contributed by atoms with Crippen molar-refractivity contribution < 1.29 is 22.3 Å². The van der Waals surface area contributed by atoms with E-state index in [2.05, 4.69) is 20.3 Å². The minimum absolute atomic E-state index is 0.0696. The number of aromatic nitrogens is 1. The molecule has 3 rings (SSSR count). The highest BCUT2D eigenvalue weighted by Crippen LogP contribution is 2.25. The molecule has 2 amide bonds. The van der Waals surface area contributed by atoms with Crippen LogP contribution in [0.5, 0.6) is 0 Å². The highest BCUT2D eigenvalue weighted by molar-refractivity contribution is 7.89. The second-order valence-corrected chi connectivity index (χ2v) is 8.83. The molecule has 1 aromatic heterocycles. The van der Waals surface area contributed by atoms with Crippen LogP contribution in [-0.4, -0.2) is 44.9 Å². The first-order chi connectivity index (χ1) is 14.4. The number of rotatable bonds is 7. The van der Waals surface area contributed by atoms with Gasteiger partial charge in [0.15, 0.2) is 0 Å². The largest absolute Gasteiger partial charge is 0.378 e. The Kier molecular flexibility index (Phi) is 7.35. The summed E-state index contributed by atoms with van der Waals surface area (Å²) in [5.41, 5.74) is 1.31. The van der Waals surface area contributed by atoms with E-state index in [4.69, 9.17) is 4.74 Å². The molecule has 0 radical (unpaired) electrons. The molecule has 0 aliphatic heterocycles. The van der Waals surface area contributed by atoms with Gasteiger partial charge in [-0.2, -0.15) is 0 Å². The summed E-state index contributed by atoms with van der Waals surface area (Å²) in [5.74, 6) is 0. The summed E-state index contributed by atoms with van der Waals surface area (Å²) in [6, 6.07) is 8.66. The number of hydrogen-bond acceptors (Lipinski definition) is 5. The number of pyridine rings is 1. The van der Waals surface area contributed by atoms with E-state index < -0.39 is 28.3 Å². The molecule has 1 heterocycles. The van der Waals surface area contributed by atoms with Gasteiger partial charge in [-0.1, -0.05) is 6.07 Å². The van der Waals surface area contributed by atoms with E-state index in [9.17, 15) is 17.6 Å². The van der Waals surface area contributed by atoms with Crippen LogP contribution in [0.3, 0.4) is 0 Å². The maximum atomic E-state index is 13.7. The Bertz CT molecular complexity index is 941. The van der Waals surface area contributed by atoms with Crippen LogP contribution in [-0.2, 0) is 21.3 Å². The van der Waals surface area contributed by atoms with Gasteiger partial charge in [0.2, 0.25) is 10.0 Å². The summed E-state index contributed by atoms with van der Waals surface area (Å²) < 4.78 is 46.7. The molecule has 8 nitrogen and oxygen atoms in total. The summed E-state index contributed by atoms with van der Waals surface area (Å²) in [6.45, 7) is 0.319. The summed E-state index contributed by atoms with van der Waals surface area (Å²) in [7, 11) is -2.34. The van der Waals surface area contributed by atoms with Crippen LogP contribution >= 0.6 is 0 Å². The highest BCUT2D eigenvalue weighted by atomic mass is 32.2. The first-order valence-electron chi connectivity index (χ1n) is 9.60. The molecular weight excluding hydrogens is 411 g/mol. The number of urea groups is 1. The van der Waals surface area contributed by atoms with Crippen molar-refractivity contribution in [3.8, 4) is 0 Å². The van der Waals surface area contributed by atoms with Gasteiger partial charge in [-0.3, -0.25) is 4.98 Å². The van der Waals surface area contributed by atoms with Gasteiger partial charge in [0, 0.05) is 37.8 Å². The number of carbonyl (C=O) groups is 1. The lowest BCUT2D eigenvalue weighted by Gasteiger charge is -2.31. The van der Waals surface area contributed by atoms with Gasteiger partial charge in [0.05, 0.1) is 11.0 Å². The molecule has 1 saturated carbocycles. The average Bonchev–Trinajstić information content (AvgIpc) is 2.74. The first-order valence-corrected chi connectivity index (χ1v) is 11.1. The van der Waals surface area contributed by atoms with Crippen LogP contribution < -0.4 is 15.4 Å². The van der Waals surface area contributed by atoms with E-state index in [0.29, 0.717) is 18.7 Å². The molecule has 3 N–H and O–H groups in total. The van der Waals surface area contributed by atoms with Crippen molar-refractivity contribution in [3.63, 3.8) is 0 Å². The van der Waals surface area contributed by atoms with E-state index in [1.54, 1.807) is 18.5 Å². The highest BCUT2D eigenvalue weighted by Gasteiger charge is 2.32. The molecule has 0 spiro atoms. The molecule has 1 fully saturated rings. The molecule has 0 saturated heterocycles. The van der Waals surface area contributed by atoms with Crippen molar-refractivity contribution in [2.75, 3.05) is 12.4 Å². The van der Waals surface area contributed by atoms with E-state index in [1.165, 1.54) is 31.4 Å². The van der Waals surface area contributed by atoms with E-state index >= 15 is 0 Å². The van der Waals surface area contributed by atoms with Crippen molar-refractivity contribution in [2.45, 2.75) is 49.0 Å². The lowest BCUT2D eigenvalue weighted by molar-refractivity contribution is -0.00149. The summed E-state index contributed by atoms with van der Waals surface area (Å²) >= 11 is 0. The molecule has 162 valence electrons. The van der Waals surface area contributed by atoms with Crippen molar-refractivity contribution in [3.05, 3.63) is 54.4 Å². The predicted molar refractivity (Wildman–Crippen MR) is 110 cm³/mol. The molecule has 0 bridgehead atoms. The van der Waals surface area contributed by atoms with E-state index in [0.717, 1.165) is 5.56 Å². The summed E-state index contributed by atoms with van der Waals surface area (Å²) in [4.78, 5) is 16.0. The molecule has 10 heteroatoms. The number of hydrogen-bond donors (Lipinski definition) is 3. The molecule has 1 aliphatic carbocycles. The van der Waals surface area contributed by atoms with Gasteiger partial charge in [-0.15, -0.1) is 0 Å². The first kappa shape index (κ1) is 22.1. The number of amides is 2. The monoisotopic (exact) mass is 436 g/mol. The number of carbonyl (C=O) groups excluding carboxylic acids is 1. The van der Waals surface area contributed by atoms with E-state index in [-0.39, 0.29) is 23.8 Å². The third-order valence-corrected chi connectivity index (χ3v) is 6.47. The van der Waals surface area contributed by atoms with Gasteiger partial charge in [-0.05, 0) is 55.2 Å². The maximum Gasteiger partial charge on any atom is 0.319 e. The Morgan fingerprint density at radius 3 is 2.67 bits per heavy atom. The van der Waals surface area contributed by atoms with Crippen LogP contribution in [0.25, 0.3) is 0 Å². The van der Waals surface area contributed by atoms with Gasteiger partial charge in [0.25, 0.3) is 0 Å². The standard InChI is InChI=1S/C20H25FN4O4S/c1-29-19-11-16(6-9-18(19)21)25-30(27,28)17-7-4-15(5-8-17)24-20(26)23-13-14-3-2-10-22-12-14/h2-5,7-8,10,12,16,18-19,25H,6,9,11,13H2,1H3,(H2,23,24,26). The molecule has 3 atom stereocenters. The number of nitrogens with zero attached hydrogens (tertiary/aromatic N) is 1. The van der Waals surface area contributed by atoms with Gasteiger partial charge in [0.1, 0.15) is 6.17 Å². The normalized spacial score (nSPS) is 21.7. The lowest BCUT2D eigenvalue weighted by atomic mass is 9.92. The average molecular weight is 437 g/mol. The van der Waals surface area contributed by atoms with Crippen molar-refractivity contribution in [1.82, 2.24) is 15.0 Å². The van der Waals surface area contributed by atoms with Crippen molar-refractivity contribution in [2.24, 2.45) is 0 Å². The minimum Gasteiger partial charge on any atom is -0.378 e. The Hall–Kier alpha value is -2.56. The fraction of sp³-hybridized carbons (Fsp3) is 0.400. The molecule has 30 heavy (non-hydrogen) atoms. The SMILES string of the molecule is COC1CC(NS(=O)(=O)c2ccc(NC(=O)NCc3cccnc3)cc2)CCC1F. The maximum absolute atomic E-state index is 13.7. The Labute approximate surface area is 175 Å². The number of sulfonamides is 1. The number of ether oxygens (including phenoxy) is 1. The van der Waals surface area contributed by atoms with Crippen LogP contribution in [0.15, 0.2) is 53.7 Å². The Balaban J connectivity index is 1.54. The summed E-state index contributed by atoms with van der Waals surface area (Å²) in [6.07, 6.45) is 2.57. The number of halogens is 1. The lowest BCUT2D eigenvalue weighted by Crippen LogP contribution is -2.44. The zero-order valence-corrected chi connectivity index (χ0v) is 17.4. The number of anilines is 1. The van der Waals surface area contributed by atoms with Gasteiger partial charge < -0.3 is 15.4 Å². The Morgan fingerprint density at radius 1 is 1.23 bits per heavy atom. The smallest absolute Gasteiger partial charge is 0.319 e. The minimum atomic E-state index is -3.76. The fourth-order valence-corrected chi connectivity index (χ4v) is 4.59. The third-order valence-electron chi connectivity index (χ3n) is 4.93. The number of alkyl halides is 1. The quantitative estimate of drug-likeness (QED) is 0.618. The molecular formula is C20H25FN4O4S. The predicted octanol–water partition coefficient (Wildman–Crippen LogP) is 2.59. The van der Waals surface area contributed by atoms with E-state index in [1.807, 2.05) is 6.07 Å². The molecule has 2 aromatic rings. The van der Waals surface area contributed by atoms with Crippen LogP contribution in [0.4, 0.5) is 14.9 Å². The second kappa shape index (κ2) is 9.96. The van der Waals surface area contributed by atoms with Gasteiger partial charge >= 0.3 is 6.03 Å². The zero-order chi connectivity index (χ0) is 21.6. The zero-order valence-electron chi connectivity index (χ0n) is 16.5. The second-order valence-electron chi connectivity index (χ2n) is 7.11. The molecule has 3 unspecified atom stereocenters. The third kappa shape index (κ3) is 5.97.